The number of nitrogens with zero attached hydrogens (tertiary/aromatic N) is 3. The Kier molecular flexibility index (Phi) is 6.44. The molecular weight excluding hydrogens is 457 g/mol. The van der Waals surface area contributed by atoms with Crippen molar-refractivity contribution in [1.82, 2.24) is 15.3 Å². The number of thiazole rings is 1. The highest BCUT2D eigenvalue weighted by atomic mass is 32.1. The summed E-state index contributed by atoms with van der Waals surface area (Å²) in [7, 11) is 1.46. The van der Waals surface area contributed by atoms with E-state index in [0.29, 0.717) is 24.9 Å². The molecule has 4 heterocycles. The van der Waals surface area contributed by atoms with Crippen LogP contribution in [0, 0.1) is 5.92 Å². The molecule has 0 bridgehead atoms. The Bertz CT molecular complexity index is 1110. The highest BCUT2D eigenvalue weighted by molar-refractivity contribution is 7.17. The predicted octanol–water partition coefficient (Wildman–Crippen LogP) is 5.71. The van der Waals surface area contributed by atoms with Gasteiger partial charge in [-0.3, -0.25) is 4.79 Å². The molecule has 4 rings (SSSR count). The topological polar surface area (TPSA) is 58.1 Å². The molecule has 5 nitrogen and oxygen atoms in total. The van der Waals surface area contributed by atoms with Crippen LogP contribution in [0.5, 0.6) is 0 Å². The van der Waals surface area contributed by atoms with Crippen molar-refractivity contribution >= 4 is 44.6 Å². The fourth-order valence-electron chi connectivity index (χ4n) is 3.96. The molecule has 0 spiro atoms. The minimum absolute atomic E-state index is 0.000498. The molecule has 172 valence electrons. The van der Waals surface area contributed by atoms with E-state index >= 15 is 0 Å². The summed E-state index contributed by atoms with van der Waals surface area (Å²) in [5.74, 6) is 0.702. The lowest BCUT2D eigenvalue weighted by atomic mass is 9.93. The van der Waals surface area contributed by atoms with E-state index in [1.165, 1.54) is 12.4 Å². The summed E-state index contributed by atoms with van der Waals surface area (Å²) < 4.78 is 41.3. The summed E-state index contributed by atoms with van der Waals surface area (Å²) in [5.41, 5.74) is 0.677. The second-order valence-electron chi connectivity index (χ2n) is 8.39. The van der Waals surface area contributed by atoms with E-state index in [2.05, 4.69) is 29.5 Å². The molecule has 1 saturated heterocycles. The Morgan fingerprint density at radius 2 is 1.94 bits per heavy atom. The highest BCUT2D eigenvalue weighted by Crippen LogP contribution is 2.40. The van der Waals surface area contributed by atoms with Gasteiger partial charge >= 0.3 is 6.18 Å². The molecule has 3 aromatic rings. The van der Waals surface area contributed by atoms with Crippen molar-refractivity contribution in [3.63, 3.8) is 0 Å². The quantitative estimate of drug-likeness (QED) is 0.506. The van der Waals surface area contributed by atoms with Crippen molar-refractivity contribution in [2.45, 2.75) is 45.2 Å². The van der Waals surface area contributed by atoms with Gasteiger partial charge in [0.05, 0.1) is 32.0 Å². The number of carbonyl (C=O) groups excluding carboxylic acids is 1. The molecule has 1 aliphatic heterocycles. The van der Waals surface area contributed by atoms with E-state index in [9.17, 15) is 18.0 Å². The summed E-state index contributed by atoms with van der Waals surface area (Å²) in [5, 5.41) is 7.16. The van der Waals surface area contributed by atoms with Gasteiger partial charge in [0.25, 0.3) is 5.91 Å². The van der Waals surface area contributed by atoms with Gasteiger partial charge in [0, 0.05) is 37.3 Å². The van der Waals surface area contributed by atoms with Crippen LogP contribution in [0.15, 0.2) is 16.8 Å². The molecule has 0 unspecified atom stereocenters. The lowest BCUT2D eigenvalue weighted by Gasteiger charge is -2.33. The van der Waals surface area contributed by atoms with Gasteiger partial charge in [-0.15, -0.1) is 22.7 Å². The second-order valence-corrected chi connectivity index (χ2v) is 10.2. The third-order valence-corrected chi connectivity index (χ3v) is 7.74. The second kappa shape index (κ2) is 8.97. The summed E-state index contributed by atoms with van der Waals surface area (Å²) >= 11 is 2.59. The predicted molar refractivity (Wildman–Crippen MR) is 123 cm³/mol. The van der Waals surface area contributed by atoms with Crippen LogP contribution in [0.25, 0.3) is 10.2 Å². The largest absolute Gasteiger partial charge is 0.417 e. The van der Waals surface area contributed by atoms with Crippen molar-refractivity contribution in [1.29, 1.82) is 0 Å². The lowest BCUT2D eigenvalue weighted by molar-refractivity contribution is -0.136. The van der Waals surface area contributed by atoms with Crippen LogP contribution < -0.4 is 10.2 Å². The number of hydrogen-bond donors (Lipinski definition) is 1. The molecule has 3 aromatic heterocycles. The van der Waals surface area contributed by atoms with Gasteiger partial charge in [-0.05, 0) is 30.7 Å². The normalized spacial score (nSPS) is 15.7. The van der Waals surface area contributed by atoms with Crippen LogP contribution in [-0.4, -0.2) is 36.0 Å². The molecule has 0 aromatic carbocycles. The van der Waals surface area contributed by atoms with Gasteiger partial charge in [0.1, 0.15) is 5.82 Å². The molecule has 10 heteroatoms. The highest BCUT2D eigenvalue weighted by Gasteiger charge is 2.36. The zero-order valence-electron chi connectivity index (χ0n) is 18.1. The minimum Gasteiger partial charge on any atom is -0.357 e. The van der Waals surface area contributed by atoms with Crippen LogP contribution in [0.2, 0.25) is 0 Å². The third kappa shape index (κ3) is 4.61. The van der Waals surface area contributed by atoms with Crippen molar-refractivity contribution in [2.24, 2.45) is 5.92 Å². The number of amides is 1. The standard InChI is InChI=1S/C22H25F3N4OS2/c1-12(2)16-11-31-18(27-16)8-13-4-6-29(7-5-13)17-9-15(22(23,24)25)20-19(28-17)14(10-32-20)21(30)26-3/h9-13H,4-8H2,1-3H3,(H,26,30). The fourth-order valence-corrected chi connectivity index (χ4v) is 6.06. The molecule has 1 amide bonds. The van der Waals surface area contributed by atoms with Crippen molar-refractivity contribution in [3.05, 3.63) is 38.7 Å². The van der Waals surface area contributed by atoms with Gasteiger partial charge in [0.2, 0.25) is 0 Å². The van der Waals surface area contributed by atoms with E-state index < -0.39 is 17.6 Å². The monoisotopic (exact) mass is 482 g/mol. The number of aromatic nitrogens is 2. The van der Waals surface area contributed by atoms with E-state index in [1.54, 1.807) is 11.3 Å². The molecular formula is C22H25F3N4OS2. The summed E-state index contributed by atoms with van der Waals surface area (Å²) in [6.45, 7) is 5.50. The molecule has 0 saturated carbocycles. The molecule has 32 heavy (non-hydrogen) atoms. The van der Waals surface area contributed by atoms with Gasteiger partial charge in [-0.1, -0.05) is 13.8 Å². The molecule has 0 aliphatic carbocycles. The molecule has 1 aliphatic rings. The van der Waals surface area contributed by atoms with Gasteiger partial charge in [-0.25, -0.2) is 9.97 Å². The third-order valence-electron chi connectivity index (χ3n) is 5.85. The van der Waals surface area contributed by atoms with Gasteiger partial charge in [0.15, 0.2) is 0 Å². The summed E-state index contributed by atoms with van der Waals surface area (Å²) in [4.78, 5) is 23.3. The number of nitrogens with one attached hydrogen (secondary N) is 1. The molecule has 0 radical (unpaired) electrons. The van der Waals surface area contributed by atoms with E-state index in [-0.39, 0.29) is 21.6 Å². The van der Waals surface area contributed by atoms with Crippen molar-refractivity contribution in [3.8, 4) is 0 Å². The average Bonchev–Trinajstić information content (AvgIpc) is 3.39. The van der Waals surface area contributed by atoms with E-state index in [1.807, 2.05) is 4.90 Å². The van der Waals surface area contributed by atoms with Crippen molar-refractivity contribution in [2.75, 3.05) is 25.0 Å². The Hall–Kier alpha value is -2.20. The Labute approximate surface area is 192 Å². The smallest absolute Gasteiger partial charge is 0.357 e. The minimum atomic E-state index is -4.52. The van der Waals surface area contributed by atoms with E-state index in [4.69, 9.17) is 4.98 Å². The number of fused-ring (bicyclic) bond motifs is 1. The maximum atomic E-state index is 13.8. The SMILES string of the molecule is CNC(=O)c1csc2c(C(F)(F)F)cc(N3CCC(Cc4nc(C(C)C)cs4)CC3)nc12. The van der Waals surface area contributed by atoms with Crippen LogP contribution in [0.4, 0.5) is 19.0 Å². The van der Waals surface area contributed by atoms with Crippen molar-refractivity contribution < 1.29 is 18.0 Å². The first-order chi connectivity index (χ1) is 15.2. The van der Waals surface area contributed by atoms with Crippen LogP contribution in [-0.2, 0) is 12.6 Å². The molecule has 1 fully saturated rings. The lowest BCUT2D eigenvalue weighted by Crippen LogP contribution is -2.35. The molecule has 0 atom stereocenters. The zero-order valence-corrected chi connectivity index (χ0v) is 19.8. The number of carbonyl (C=O) groups is 1. The Balaban J connectivity index is 1.55. The van der Waals surface area contributed by atoms with Gasteiger partial charge < -0.3 is 10.2 Å². The van der Waals surface area contributed by atoms with Crippen LogP contribution in [0.1, 0.15) is 59.2 Å². The Morgan fingerprint density at radius 1 is 1.22 bits per heavy atom. The van der Waals surface area contributed by atoms with Crippen LogP contribution >= 0.6 is 22.7 Å². The number of pyridine rings is 1. The summed E-state index contributed by atoms with van der Waals surface area (Å²) in [6.07, 6.45) is -1.89. The maximum Gasteiger partial charge on any atom is 0.417 e. The first kappa shape index (κ1) is 23.0. The summed E-state index contributed by atoms with van der Waals surface area (Å²) in [6, 6.07) is 1.13. The van der Waals surface area contributed by atoms with Crippen LogP contribution in [0.3, 0.4) is 0 Å². The number of hydrogen-bond acceptors (Lipinski definition) is 6. The number of thiophene rings is 1. The molecule has 1 N–H and O–H groups in total. The number of rotatable bonds is 5. The number of alkyl halides is 3. The van der Waals surface area contributed by atoms with E-state index in [0.717, 1.165) is 47.4 Å². The average molecular weight is 483 g/mol. The maximum absolute atomic E-state index is 13.8. The first-order valence-electron chi connectivity index (χ1n) is 10.6. The number of piperidine rings is 1. The Morgan fingerprint density at radius 3 is 2.53 bits per heavy atom. The fraction of sp³-hybridized carbons (Fsp3) is 0.500. The van der Waals surface area contributed by atoms with Gasteiger partial charge in [-0.2, -0.15) is 13.2 Å². The number of anilines is 1. The number of halogens is 3. The zero-order chi connectivity index (χ0) is 23.0. The first-order valence-corrected chi connectivity index (χ1v) is 12.3.